The lowest BCUT2D eigenvalue weighted by Gasteiger charge is -2.15. The molecule has 0 spiro atoms. The first-order chi connectivity index (χ1) is 30.2. The van der Waals surface area contributed by atoms with Crippen molar-refractivity contribution in [3.63, 3.8) is 0 Å². The first-order valence-corrected chi connectivity index (χ1v) is 20.7. The minimum Gasteiger partial charge on any atom is -0.256 e. The van der Waals surface area contributed by atoms with E-state index in [1.54, 1.807) is 0 Å². The molecule has 0 atom stereocenters. The van der Waals surface area contributed by atoms with Gasteiger partial charge in [-0.15, -0.1) is 0 Å². The molecule has 0 fully saturated rings. The van der Waals surface area contributed by atoms with Crippen LogP contribution in [0.5, 0.6) is 0 Å². The van der Waals surface area contributed by atoms with Crippen molar-refractivity contribution < 1.29 is 0 Å². The van der Waals surface area contributed by atoms with Crippen LogP contribution >= 0.6 is 0 Å². The first kappa shape index (κ1) is 37.3. The van der Waals surface area contributed by atoms with Crippen LogP contribution in [-0.2, 0) is 0 Å². The summed E-state index contributed by atoms with van der Waals surface area (Å²) in [5.41, 5.74) is 19.8. The molecule has 3 heteroatoms. The van der Waals surface area contributed by atoms with Crippen LogP contribution in [0.2, 0.25) is 0 Å². The molecule has 61 heavy (non-hydrogen) atoms. The fourth-order valence-corrected chi connectivity index (χ4v) is 8.25. The fourth-order valence-electron chi connectivity index (χ4n) is 8.25. The molecule has 288 valence electrons. The van der Waals surface area contributed by atoms with Gasteiger partial charge in [-0.25, -0.2) is 0 Å². The molecule has 1 aliphatic rings. The molecule has 0 saturated heterocycles. The van der Waals surface area contributed by atoms with Crippen molar-refractivity contribution in [3.8, 4) is 67.2 Å². The van der Waals surface area contributed by atoms with Gasteiger partial charge in [0.15, 0.2) is 0 Å². The summed E-state index contributed by atoms with van der Waals surface area (Å²) in [6.45, 7) is 0. The molecular formula is C58H41N3. The lowest BCUT2D eigenvalue weighted by Crippen LogP contribution is -1.93. The van der Waals surface area contributed by atoms with Gasteiger partial charge in [-0.2, -0.15) is 0 Å². The highest BCUT2D eigenvalue weighted by Gasteiger charge is 2.19. The number of nitrogens with zero attached hydrogens (tertiary/aromatic N) is 3. The second kappa shape index (κ2) is 17.1. The van der Waals surface area contributed by atoms with Gasteiger partial charge in [-0.1, -0.05) is 194 Å². The highest BCUT2D eigenvalue weighted by Crippen LogP contribution is 2.41. The highest BCUT2D eigenvalue weighted by molar-refractivity contribution is 6.00. The van der Waals surface area contributed by atoms with Crippen molar-refractivity contribution in [1.29, 1.82) is 0 Å². The minimum absolute atomic E-state index is 0.733. The van der Waals surface area contributed by atoms with E-state index >= 15 is 0 Å². The summed E-state index contributed by atoms with van der Waals surface area (Å²) < 4.78 is 0. The molecule has 3 aromatic heterocycles. The highest BCUT2D eigenvalue weighted by atomic mass is 14.7. The maximum atomic E-state index is 4.94. The largest absolute Gasteiger partial charge is 0.256 e. The van der Waals surface area contributed by atoms with Gasteiger partial charge in [0, 0.05) is 52.0 Å². The minimum atomic E-state index is 0.733. The van der Waals surface area contributed by atoms with E-state index in [2.05, 4.69) is 200 Å². The number of hydrogen-bond donors (Lipinski definition) is 0. The van der Waals surface area contributed by atoms with Crippen LogP contribution in [0.15, 0.2) is 237 Å². The van der Waals surface area contributed by atoms with E-state index in [0.29, 0.717) is 0 Å². The maximum absolute atomic E-state index is 4.94. The second-order valence-electron chi connectivity index (χ2n) is 15.2. The molecule has 0 N–H and O–H groups in total. The number of allylic oxidation sites excluding steroid dienone is 6. The average molecular weight is 780 g/mol. The van der Waals surface area contributed by atoms with Gasteiger partial charge in [0.05, 0.1) is 17.1 Å². The molecule has 1 aliphatic carbocycles. The number of rotatable bonds is 9. The Morgan fingerprint density at radius 2 is 0.607 bits per heavy atom. The Balaban J connectivity index is 1.09. The summed E-state index contributed by atoms with van der Waals surface area (Å²) in [5.74, 6) is 0. The van der Waals surface area contributed by atoms with Gasteiger partial charge in [0.25, 0.3) is 0 Å². The molecule has 0 saturated carbocycles. The Morgan fingerprint density at radius 1 is 0.262 bits per heavy atom. The van der Waals surface area contributed by atoms with Crippen molar-refractivity contribution in [2.45, 2.75) is 6.42 Å². The lowest BCUT2D eigenvalue weighted by molar-refractivity contribution is 1.32. The summed E-state index contributed by atoms with van der Waals surface area (Å²) in [4.78, 5) is 14.8. The second-order valence-corrected chi connectivity index (χ2v) is 15.2. The maximum Gasteiger partial charge on any atom is 0.0702 e. The summed E-state index contributed by atoms with van der Waals surface area (Å²) in [5, 5.41) is 0. The Hall–Kier alpha value is -8.01. The third-order valence-corrected chi connectivity index (χ3v) is 11.4. The van der Waals surface area contributed by atoms with Gasteiger partial charge in [0.2, 0.25) is 0 Å². The monoisotopic (exact) mass is 779 g/mol. The average Bonchev–Trinajstić information content (AvgIpc) is 3.58. The Labute approximate surface area is 357 Å². The third-order valence-electron chi connectivity index (χ3n) is 11.4. The topological polar surface area (TPSA) is 38.7 Å². The molecule has 0 bridgehead atoms. The Bertz CT molecular complexity index is 3040. The Morgan fingerprint density at radius 3 is 1.00 bits per heavy atom. The van der Waals surface area contributed by atoms with Crippen LogP contribution in [0.4, 0.5) is 0 Å². The zero-order valence-electron chi connectivity index (χ0n) is 33.6. The first-order valence-electron chi connectivity index (χ1n) is 20.7. The molecular weight excluding hydrogens is 739 g/mol. The predicted molar refractivity (Wildman–Crippen MR) is 254 cm³/mol. The van der Waals surface area contributed by atoms with Crippen molar-refractivity contribution in [1.82, 2.24) is 15.0 Å². The molecule has 0 amide bonds. The van der Waals surface area contributed by atoms with Crippen LogP contribution in [0.1, 0.15) is 23.1 Å². The zero-order chi connectivity index (χ0) is 40.8. The Kier molecular flexibility index (Phi) is 10.4. The molecule has 9 aromatic rings. The van der Waals surface area contributed by atoms with E-state index in [1.807, 2.05) is 36.8 Å². The summed E-state index contributed by atoms with van der Waals surface area (Å²) in [7, 11) is 0. The van der Waals surface area contributed by atoms with Crippen molar-refractivity contribution >= 4 is 16.7 Å². The molecule has 3 nitrogen and oxygen atoms in total. The zero-order valence-corrected chi connectivity index (χ0v) is 33.6. The molecule has 10 rings (SSSR count). The van der Waals surface area contributed by atoms with E-state index < -0.39 is 0 Å². The van der Waals surface area contributed by atoms with Crippen LogP contribution in [-0.4, -0.2) is 15.0 Å². The lowest BCUT2D eigenvalue weighted by atomic mass is 9.89. The number of aromatic nitrogens is 3. The van der Waals surface area contributed by atoms with Gasteiger partial charge in [0.1, 0.15) is 0 Å². The van der Waals surface area contributed by atoms with Crippen LogP contribution in [0.3, 0.4) is 0 Å². The number of pyridine rings is 3. The summed E-state index contributed by atoms with van der Waals surface area (Å²) >= 11 is 0. The van der Waals surface area contributed by atoms with Gasteiger partial charge in [-0.05, 0) is 80.8 Å². The number of benzene rings is 6. The van der Waals surface area contributed by atoms with Gasteiger partial charge >= 0.3 is 0 Å². The van der Waals surface area contributed by atoms with Gasteiger partial charge in [-0.3, -0.25) is 15.0 Å². The van der Waals surface area contributed by atoms with Crippen molar-refractivity contribution in [2.75, 3.05) is 0 Å². The van der Waals surface area contributed by atoms with Crippen LogP contribution in [0, 0.1) is 0 Å². The quantitative estimate of drug-likeness (QED) is 0.146. The molecule has 3 heterocycles. The molecule has 0 aliphatic heterocycles. The normalized spacial score (nSPS) is 12.5. The molecule has 0 radical (unpaired) electrons. The van der Waals surface area contributed by atoms with E-state index in [-0.39, 0.29) is 0 Å². The van der Waals surface area contributed by atoms with Crippen LogP contribution in [0.25, 0.3) is 83.9 Å². The third kappa shape index (κ3) is 7.93. The van der Waals surface area contributed by atoms with Gasteiger partial charge < -0.3 is 0 Å². The van der Waals surface area contributed by atoms with E-state index in [1.165, 1.54) is 11.1 Å². The van der Waals surface area contributed by atoms with Crippen LogP contribution < -0.4 is 0 Å². The molecule has 0 unspecified atom stereocenters. The van der Waals surface area contributed by atoms with Crippen molar-refractivity contribution in [3.05, 3.63) is 254 Å². The summed E-state index contributed by atoms with van der Waals surface area (Å²) in [6.07, 6.45) is 13.9. The standard InChI is InChI=1S/C58H41N3/c1-4-16-41(17-5-1)56-33-30-46(38-59-56)52-24-12-10-22-50(52)44-28-29-45(51-23-11-13-25-53(51)47-31-34-57(60-39-47)42-18-6-2-7-19-42)37-49(36-44)55-27-15-14-26-54(55)48-32-35-58(61-40-48)43-20-8-3-9-21-43/h1-28,30-40H,29H2. The number of hydrogen-bond acceptors (Lipinski definition) is 3. The smallest absolute Gasteiger partial charge is 0.0702 e. The fraction of sp³-hybridized carbons (Fsp3) is 0.0172. The van der Waals surface area contributed by atoms with E-state index in [0.717, 1.165) is 95.8 Å². The van der Waals surface area contributed by atoms with E-state index in [4.69, 9.17) is 15.0 Å². The molecule has 6 aromatic carbocycles. The van der Waals surface area contributed by atoms with E-state index in [9.17, 15) is 0 Å². The van der Waals surface area contributed by atoms with Crippen molar-refractivity contribution in [2.24, 2.45) is 0 Å². The SMILES string of the molecule is C1=C(c2ccccc2-c2ccc(-c3ccccc3)nc2)C=C(c2ccccc2-c2ccc(-c3ccccc3)nc2)C=C(c2ccccc2-c2ccc(-c3ccccc3)nc2)C1. The predicted octanol–water partition coefficient (Wildman–Crippen LogP) is 14.8. The summed E-state index contributed by atoms with van der Waals surface area (Å²) in [6, 6.07) is 70.1.